The van der Waals surface area contributed by atoms with Crippen molar-refractivity contribution < 1.29 is 14.2 Å². The molecule has 0 unspecified atom stereocenters. The third-order valence-corrected chi connectivity index (χ3v) is 6.85. The summed E-state index contributed by atoms with van der Waals surface area (Å²) >= 11 is 0. The van der Waals surface area contributed by atoms with E-state index in [2.05, 4.69) is 81.4 Å². The van der Waals surface area contributed by atoms with Crippen molar-refractivity contribution >= 4 is 8.07 Å². The molecule has 4 heteroatoms. The van der Waals surface area contributed by atoms with E-state index in [0.29, 0.717) is 19.8 Å². The van der Waals surface area contributed by atoms with Crippen LogP contribution in [-0.2, 0) is 27.4 Å². The molecule has 0 aliphatic carbocycles. The Hall–Kier alpha value is -1.90. The minimum atomic E-state index is -1.48. The summed E-state index contributed by atoms with van der Waals surface area (Å²) in [5, 5.41) is 0. The first-order valence-electron chi connectivity index (χ1n) is 11.8. The number of hydrogen-bond acceptors (Lipinski definition) is 3. The lowest BCUT2D eigenvalue weighted by atomic mass is 9.82. The molecule has 5 atom stereocenters. The average Bonchev–Trinajstić information content (AvgIpc) is 2.78. The van der Waals surface area contributed by atoms with Crippen LogP contribution in [0, 0.1) is 23.3 Å². The Bertz CT molecular complexity index is 866. The summed E-state index contributed by atoms with van der Waals surface area (Å²) in [5.41, 5.74) is 5.91. The van der Waals surface area contributed by atoms with Gasteiger partial charge in [0.05, 0.1) is 25.4 Å². The summed E-state index contributed by atoms with van der Waals surface area (Å²) in [6.45, 7) is 13.2. The number of ether oxygens (including phenoxy) is 3. The van der Waals surface area contributed by atoms with E-state index in [1.807, 2.05) is 24.3 Å². The van der Waals surface area contributed by atoms with Crippen molar-refractivity contribution in [3.8, 4) is 11.5 Å². The van der Waals surface area contributed by atoms with Gasteiger partial charge in [-0.1, -0.05) is 100 Å². The molecule has 172 valence electrons. The molecule has 0 radical (unpaired) electrons. The quantitative estimate of drug-likeness (QED) is 0.276. The maximum atomic E-state index is 6.53. The van der Waals surface area contributed by atoms with E-state index in [-0.39, 0.29) is 30.1 Å². The third-order valence-electron chi connectivity index (χ3n) is 5.95. The van der Waals surface area contributed by atoms with Gasteiger partial charge in [0, 0.05) is 18.4 Å². The zero-order valence-corrected chi connectivity index (χ0v) is 21.2. The van der Waals surface area contributed by atoms with Crippen LogP contribution in [0.1, 0.15) is 31.4 Å². The molecule has 3 nitrogen and oxygen atoms in total. The Labute approximate surface area is 195 Å². The molecule has 0 saturated carbocycles. The van der Waals surface area contributed by atoms with Crippen molar-refractivity contribution in [3.05, 3.63) is 71.8 Å². The summed E-state index contributed by atoms with van der Waals surface area (Å²) in [6, 6.07) is 20.7. The van der Waals surface area contributed by atoms with Crippen molar-refractivity contribution in [3.63, 3.8) is 0 Å². The van der Waals surface area contributed by atoms with E-state index in [0.717, 1.165) is 6.42 Å². The highest BCUT2D eigenvalue weighted by molar-refractivity contribution is 6.83. The van der Waals surface area contributed by atoms with Crippen LogP contribution in [0.25, 0.3) is 0 Å². The summed E-state index contributed by atoms with van der Waals surface area (Å²) in [5.74, 6) is 3.97. The van der Waals surface area contributed by atoms with Gasteiger partial charge in [-0.05, 0) is 17.5 Å². The highest BCUT2D eigenvalue weighted by Crippen LogP contribution is 2.34. The molecule has 1 aliphatic rings. The molecule has 2 aromatic rings. The number of benzene rings is 2. The minimum Gasteiger partial charge on any atom is -0.377 e. The van der Waals surface area contributed by atoms with Crippen molar-refractivity contribution in [1.82, 2.24) is 0 Å². The molecule has 1 fully saturated rings. The van der Waals surface area contributed by atoms with Gasteiger partial charge < -0.3 is 14.2 Å². The van der Waals surface area contributed by atoms with Gasteiger partial charge in [0.2, 0.25) is 0 Å². The monoisotopic (exact) mass is 450 g/mol. The summed E-state index contributed by atoms with van der Waals surface area (Å²) in [4.78, 5) is 0. The molecule has 0 N–H and O–H groups in total. The number of hydrogen-bond donors (Lipinski definition) is 0. The molecular formula is C28H38O3Si. The predicted molar refractivity (Wildman–Crippen MR) is 134 cm³/mol. The summed E-state index contributed by atoms with van der Waals surface area (Å²) in [7, 11) is -1.48. The Morgan fingerprint density at radius 1 is 0.844 bits per heavy atom. The summed E-state index contributed by atoms with van der Waals surface area (Å²) < 4.78 is 19.0. The molecule has 1 aliphatic heterocycles. The van der Waals surface area contributed by atoms with Crippen molar-refractivity contribution in [1.29, 1.82) is 0 Å². The highest BCUT2D eigenvalue weighted by Gasteiger charge is 2.41. The highest BCUT2D eigenvalue weighted by atomic mass is 28.3. The van der Waals surface area contributed by atoms with Gasteiger partial charge >= 0.3 is 0 Å². The Kier molecular flexibility index (Phi) is 9.13. The van der Waals surface area contributed by atoms with Crippen LogP contribution in [0.2, 0.25) is 19.6 Å². The van der Waals surface area contributed by atoms with E-state index >= 15 is 0 Å². The van der Waals surface area contributed by atoms with Crippen molar-refractivity contribution in [2.45, 2.75) is 71.4 Å². The summed E-state index contributed by atoms with van der Waals surface area (Å²) in [6.07, 6.45) is 0.919. The van der Waals surface area contributed by atoms with Crippen LogP contribution in [0.15, 0.2) is 60.7 Å². The standard InChI is InChI=1S/C28H38O3Si/c1-22-26(16-18-29-20-24-12-8-6-9-13-24)31-27(17-19-32(3,4)5)23(2)28(22)30-21-25-14-10-7-11-15-25/h6-15,22-23,26-28H,16,18,20-21H2,1-5H3/t22-,23-,26+,27-,28-/m0/s1. The zero-order valence-electron chi connectivity index (χ0n) is 20.2. The average molecular weight is 451 g/mol. The molecule has 3 rings (SSSR count). The Balaban J connectivity index is 1.64. The van der Waals surface area contributed by atoms with Crippen LogP contribution in [-0.4, -0.2) is 33.0 Å². The zero-order chi connectivity index (χ0) is 23.0. The first-order chi connectivity index (χ1) is 15.3. The van der Waals surface area contributed by atoms with Crippen LogP contribution >= 0.6 is 0 Å². The lowest BCUT2D eigenvalue weighted by Gasteiger charge is -2.43. The third kappa shape index (κ3) is 7.60. The Morgan fingerprint density at radius 2 is 1.44 bits per heavy atom. The largest absolute Gasteiger partial charge is 0.377 e. The van der Waals surface area contributed by atoms with Gasteiger partial charge in [0.1, 0.15) is 14.2 Å². The maximum Gasteiger partial charge on any atom is 0.129 e. The second kappa shape index (κ2) is 11.8. The van der Waals surface area contributed by atoms with Crippen LogP contribution < -0.4 is 0 Å². The maximum absolute atomic E-state index is 6.53. The first kappa shape index (κ1) is 24.7. The van der Waals surface area contributed by atoms with E-state index in [4.69, 9.17) is 14.2 Å². The molecule has 32 heavy (non-hydrogen) atoms. The van der Waals surface area contributed by atoms with Crippen LogP contribution in [0.3, 0.4) is 0 Å². The number of rotatable bonds is 8. The predicted octanol–water partition coefficient (Wildman–Crippen LogP) is 6.10. The molecule has 1 saturated heterocycles. The lowest BCUT2D eigenvalue weighted by Crippen LogP contribution is -2.50. The molecular weight excluding hydrogens is 412 g/mol. The molecule has 0 aromatic heterocycles. The fraction of sp³-hybridized carbons (Fsp3) is 0.500. The SMILES string of the molecule is C[C@@H]1[C@@H](OCc2ccccc2)[C@@H](C)[C@@H](CCOCc2ccccc2)O[C@H]1C#C[Si](C)(C)C. The smallest absolute Gasteiger partial charge is 0.129 e. The first-order valence-corrected chi connectivity index (χ1v) is 15.3. The molecule has 0 bridgehead atoms. The fourth-order valence-corrected chi connectivity index (χ4v) is 4.69. The normalized spacial score (nSPS) is 25.7. The van der Waals surface area contributed by atoms with E-state index in [1.165, 1.54) is 11.1 Å². The van der Waals surface area contributed by atoms with Gasteiger partial charge in [-0.2, -0.15) is 0 Å². The van der Waals surface area contributed by atoms with Gasteiger partial charge in [0.25, 0.3) is 0 Å². The minimum absolute atomic E-state index is 0.0729. The van der Waals surface area contributed by atoms with Gasteiger partial charge in [-0.15, -0.1) is 5.54 Å². The van der Waals surface area contributed by atoms with Gasteiger partial charge in [-0.3, -0.25) is 0 Å². The fourth-order valence-electron chi connectivity index (χ4n) is 4.12. The second-order valence-electron chi connectivity index (χ2n) is 9.92. The lowest BCUT2D eigenvalue weighted by molar-refractivity contribution is -0.172. The van der Waals surface area contributed by atoms with Gasteiger partial charge in [-0.25, -0.2) is 0 Å². The molecule has 1 heterocycles. The van der Waals surface area contributed by atoms with Crippen LogP contribution in [0.5, 0.6) is 0 Å². The van der Waals surface area contributed by atoms with E-state index in [9.17, 15) is 0 Å². The van der Waals surface area contributed by atoms with Crippen LogP contribution in [0.4, 0.5) is 0 Å². The van der Waals surface area contributed by atoms with Crippen molar-refractivity contribution in [2.24, 2.45) is 11.8 Å². The molecule has 0 spiro atoms. The van der Waals surface area contributed by atoms with Crippen molar-refractivity contribution in [2.75, 3.05) is 6.61 Å². The Morgan fingerprint density at radius 3 is 2.03 bits per heavy atom. The van der Waals surface area contributed by atoms with E-state index < -0.39 is 8.07 Å². The molecule has 0 amide bonds. The van der Waals surface area contributed by atoms with Gasteiger partial charge in [0.15, 0.2) is 0 Å². The van der Waals surface area contributed by atoms with E-state index in [1.54, 1.807) is 0 Å². The molecule has 2 aromatic carbocycles. The second-order valence-corrected chi connectivity index (χ2v) is 14.7. The topological polar surface area (TPSA) is 27.7 Å².